The van der Waals surface area contributed by atoms with Crippen molar-refractivity contribution in [1.29, 1.82) is 0 Å². The molecule has 0 aromatic carbocycles. The molecule has 0 aromatic rings. The molecule has 0 bridgehead atoms. The molecule has 0 aromatic heterocycles. The van der Waals surface area contributed by atoms with E-state index >= 15 is 0 Å². The Morgan fingerprint density at radius 1 is 1.12 bits per heavy atom. The lowest BCUT2D eigenvalue weighted by molar-refractivity contribution is -0.142. The molecular weight excluding hydrogens is 228 g/mol. The summed E-state index contributed by atoms with van der Waals surface area (Å²) in [4.78, 5) is 32.7. The number of amides is 2. The number of ether oxygens (including phenoxy) is 2. The van der Waals surface area contributed by atoms with Gasteiger partial charge >= 0.3 is 12.1 Å². The first-order valence-electron chi connectivity index (χ1n) is 5.07. The minimum Gasteiger partial charge on any atom is -0.445 e. The van der Waals surface area contributed by atoms with Crippen LogP contribution in [0, 0.1) is 0 Å². The molecule has 2 N–H and O–H groups in total. The van der Waals surface area contributed by atoms with Crippen LogP contribution in [0.2, 0.25) is 0 Å². The molecule has 0 heterocycles. The molecule has 0 atom stereocenters. The van der Waals surface area contributed by atoms with Crippen molar-refractivity contribution in [1.82, 2.24) is 10.6 Å². The van der Waals surface area contributed by atoms with Crippen molar-refractivity contribution in [3.8, 4) is 0 Å². The van der Waals surface area contributed by atoms with Gasteiger partial charge in [-0.25, -0.2) is 4.79 Å². The van der Waals surface area contributed by atoms with Crippen LogP contribution < -0.4 is 10.6 Å². The fourth-order valence-electron chi connectivity index (χ4n) is 0.747. The minimum atomic E-state index is -0.680. The Kier molecular flexibility index (Phi) is 6.01. The van der Waals surface area contributed by atoms with Crippen molar-refractivity contribution in [3.63, 3.8) is 0 Å². The van der Waals surface area contributed by atoms with E-state index in [0.717, 1.165) is 0 Å². The van der Waals surface area contributed by atoms with E-state index in [9.17, 15) is 14.4 Å². The molecule has 0 unspecified atom stereocenters. The van der Waals surface area contributed by atoms with Gasteiger partial charge in [-0.3, -0.25) is 9.59 Å². The van der Waals surface area contributed by atoms with Crippen molar-refractivity contribution in [3.05, 3.63) is 0 Å². The second kappa shape index (κ2) is 6.72. The van der Waals surface area contributed by atoms with Crippen LogP contribution in [0.3, 0.4) is 0 Å². The van der Waals surface area contributed by atoms with E-state index in [1.165, 1.54) is 6.92 Å². The van der Waals surface area contributed by atoms with Gasteiger partial charge in [0.25, 0.3) is 0 Å². The molecule has 7 nitrogen and oxygen atoms in total. The summed E-state index contributed by atoms with van der Waals surface area (Å²) >= 11 is 0. The van der Waals surface area contributed by atoms with Gasteiger partial charge in [0.2, 0.25) is 5.91 Å². The Morgan fingerprint density at radius 2 is 1.71 bits per heavy atom. The van der Waals surface area contributed by atoms with Crippen molar-refractivity contribution in [2.75, 3.05) is 13.3 Å². The lowest BCUT2D eigenvalue weighted by Crippen LogP contribution is -2.40. The van der Waals surface area contributed by atoms with Gasteiger partial charge in [0.1, 0.15) is 12.1 Å². The van der Waals surface area contributed by atoms with E-state index < -0.39 is 23.6 Å². The average Bonchev–Trinajstić information content (AvgIpc) is 2.11. The molecule has 0 fully saturated rings. The third kappa shape index (κ3) is 10.5. The molecule has 0 spiro atoms. The highest BCUT2D eigenvalue weighted by molar-refractivity contribution is 5.82. The number of esters is 1. The largest absolute Gasteiger partial charge is 0.445 e. The van der Waals surface area contributed by atoms with E-state index in [1.54, 1.807) is 20.8 Å². The van der Waals surface area contributed by atoms with Gasteiger partial charge < -0.3 is 20.1 Å². The van der Waals surface area contributed by atoms with Gasteiger partial charge in [-0.15, -0.1) is 0 Å². The second-order valence-electron chi connectivity index (χ2n) is 4.24. The zero-order valence-electron chi connectivity index (χ0n) is 10.5. The van der Waals surface area contributed by atoms with Crippen molar-refractivity contribution >= 4 is 18.0 Å². The van der Waals surface area contributed by atoms with E-state index in [-0.39, 0.29) is 13.3 Å². The number of carbonyl (C=O) groups excluding carboxylic acids is 3. The van der Waals surface area contributed by atoms with Gasteiger partial charge in [0, 0.05) is 6.92 Å². The number of carbonyl (C=O) groups is 3. The molecule has 0 rings (SSSR count). The number of nitrogens with one attached hydrogen (secondary N) is 2. The topological polar surface area (TPSA) is 93.7 Å². The molecule has 0 saturated carbocycles. The van der Waals surface area contributed by atoms with Crippen LogP contribution in [-0.2, 0) is 19.1 Å². The summed E-state index contributed by atoms with van der Waals surface area (Å²) in [5.41, 5.74) is -0.613. The summed E-state index contributed by atoms with van der Waals surface area (Å²) in [6, 6.07) is 0. The van der Waals surface area contributed by atoms with Crippen LogP contribution in [0.4, 0.5) is 4.79 Å². The maximum Gasteiger partial charge on any atom is 0.408 e. The third-order valence-corrected chi connectivity index (χ3v) is 1.34. The predicted molar refractivity (Wildman–Crippen MR) is 59.0 cm³/mol. The lowest BCUT2D eigenvalue weighted by atomic mass is 10.2. The predicted octanol–water partition coefficient (Wildman–Crippen LogP) is 0.148. The fraction of sp³-hybridized carbons (Fsp3) is 0.700. The first-order valence-corrected chi connectivity index (χ1v) is 5.07. The second-order valence-corrected chi connectivity index (χ2v) is 4.24. The summed E-state index contributed by atoms with van der Waals surface area (Å²) in [5.74, 6) is -0.970. The molecule has 7 heteroatoms. The molecule has 98 valence electrons. The molecule has 0 saturated heterocycles. The number of hydrogen-bond acceptors (Lipinski definition) is 5. The smallest absolute Gasteiger partial charge is 0.408 e. The summed E-state index contributed by atoms with van der Waals surface area (Å²) in [6.45, 7) is 5.92. The number of alkyl carbamates (subject to hydrolysis) is 1. The Morgan fingerprint density at radius 3 is 2.18 bits per heavy atom. The minimum absolute atomic E-state index is 0.218. The first kappa shape index (κ1) is 15.2. The highest BCUT2D eigenvalue weighted by atomic mass is 16.6. The maximum absolute atomic E-state index is 11.1. The van der Waals surface area contributed by atoms with E-state index in [2.05, 4.69) is 15.4 Å². The van der Waals surface area contributed by atoms with E-state index in [1.807, 2.05) is 0 Å². The van der Waals surface area contributed by atoms with Crippen LogP contribution in [0.15, 0.2) is 0 Å². The molecular formula is C10H18N2O5. The Balaban J connectivity index is 3.70. The highest BCUT2D eigenvalue weighted by Gasteiger charge is 2.16. The van der Waals surface area contributed by atoms with Crippen LogP contribution in [-0.4, -0.2) is 36.8 Å². The third-order valence-electron chi connectivity index (χ3n) is 1.34. The van der Waals surface area contributed by atoms with Crippen LogP contribution in [0.25, 0.3) is 0 Å². The van der Waals surface area contributed by atoms with Gasteiger partial charge in [-0.1, -0.05) is 0 Å². The summed E-state index contributed by atoms with van der Waals surface area (Å²) in [5, 5.41) is 4.54. The fourth-order valence-corrected chi connectivity index (χ4v) is 0.747. The molecule has 0 aliphatic rings. The van der Waals surface area contributed by atoms with Gasteiger partial charge in [-0.2, -0.15) is 0 Å². The van der Waals surface area contributed by atoms with Crippen LogP contribution in [0.5, 0.6) is 0 Å². The monoisotopic (exact) mass is 246 g/mol. The Hall–Kier alpha value is -1.79. The maximum atomic E-state index is 11.1. The van der Waals surface area contributed by atoms with Gasteiger partial charge in [0.15, 0.2) is 6.73 Å². The van der Waals surface area contributed by atoms with E-state index in [4.69, 9.17) is 4.74 Å². The Labute approximate surface area is 99.8 Å². The van der Waals surface area contributed by atoms with Crippen molar-refractivity contribution in [2.45, 2.75) is 33.3 Å². The summed E-state index contributed by atoms with van der Waals surface area (Å²) < 4.78 is 9.40. The molecule has 0 aliphatic carbocycles. The lowest BCUT2D eigenvalue weighted by Gasteiger charge is -2.19. The molecule has 0 aliphatic heterocycles. The van der Waals surface area contributed by atoms with Crippen LogP contribution >= 0.6 is 0 Å². The summed E-state index contributed by atoms with van der Waals surface area (Å²) in [6.07, 6.45) is -0.680. The first-order chi connectivity index (χ1) is 7.70. The molecule has 0 radical (unpaired) electrons. The van der Waals surface area contributed by atoms with Crippen LogP contribution in [0.1, 0.15) is 27.7 Å². The zero-order chi connectivity index (χ0) is 13.5. The highest BCUT2D eigenvalue weighted by Crippen LogP contribution is 2.05. The van der Waals surface area contributed by atoms with Crippen molar-refractivity contribution < 1.29 is 23.9 Å². The number of hydrogen-bond donors (Lipinski definition) is 2. The molecule has 17 heavy (non-hydrogen) atoms. The van der Waals surface area contributed by atoms with Gasteiger partial charge in [0.05, 0.1) is 0 Å². The van der Waals surface area contributed by atoms with Crippen molar-refractivity contribution in [2.24, 2.45) is 0 Å². The quantitative estimate of drug-likeness (QED) is 0.544. The molecule has 2 amide bonds. The zero-order valence-corrected chi connectivity index (χ0v) is 10.5. The van der Waals surface area contributed by atoms with E-state index in [0.29, 0.717) is 0 Å². The SMILES string of the molecule is CC(=O)OCNC(=O)CNC(=O)OC(C)(C)C. The normalized spacial score (nSPS) is 10.4. The summed E-state index contributed by atoms with van der Waals surface area (Å²) in [7, 11) is 0. The standard InChI is InChI=1S/C10H18N2O5/c1-7(13)16-6-12-8(14)5-11-9(15)17-10(2,3)4/h5-6H2,1-4H3,(H,11,15)(H,12,14). The average molecular weight is 246 g/mol. The van der Waals surface area contributed by atoms with Gasteiger partial charge in [-0.05, 0) is 20.8 Å². The Bertz CT molecular complexity index is 296. The number of rotatable bonds is 4.